The van der Waals surface area contributed by atoms with Gasteiger partial charge in [0.05, 0.1) is 12.6 Å². The van der Waals surface area contributed by atoms with Crippen LogP contribution in [0.5, 0.6) is 0 Å². The second-order valence-electron chi connectivity index (χ2n) is 6.17. The fourth-order valence-corrected chi connectivity index (χ4v) is 3.45. The number of rotatable bonds is 5. The van der Waals surface area contributed by atoms with Crippen LogP contribution >= 0.6 is 0 Å². The predicted molar refractivity (Wildman–Crippen MR) is 73.0 cm³/mol. The number of hydrogen-bond donors (Lipinski definition) is 3. The summed E-state index contributed by atoms with van der Waals surface area (Å²) in [7, 11) is 0. The van der Waals surface area contributed by atoms with Crippen molar-refractivity contribution in [2.45, 2.75) is 57.2 Å². The van der Waals surface area contributed by atoms with Crippen LogP contribution < -0.4 is 5.32 Å². The van der Waals surface area contributed by atoms with Crippen molar-refractivity contribution in [3.63, 3.8) is 0 Å². The highest BCUT2D eigenvalue weighted by atomic mass is 16.4. The Bertz CT molecular complexity index is 301. The number of carboxylic acids is 1. The number of aliphatic carboxylic acids is 1. The molecular weight excluding hydrogens is 244 g/mol. The van der Waals surface area contributed by atoms with Crippen molar-refractivity contribution < 1.29 is 15.0 Å². The van der Waals surface area contributed by atoms with E-state index in [1.807, 2.05) is 11.8 Å². The minimum Gasteiger partial charge on any atom is -0.480 e. The fraction of sp³-hybridized carbons (Fsp3) is 0.929. The maximum atomic E-state index is 10.9. The highest BCUT2D eigenvalue weighted by Gasteiger charge is 2.32. The average Bonchev–Trinajstić information content (AvgIpc) is 2.80. The molecule has 0 aromatic rings. The molecule has 1 saturated carbocycles. The van der Waals surface area contributed by atoms with Crippen molar-refractivity contribution in [2.75, 3.05) is 19.6 Å². The Kier molecular flexibility index (Phi) is 5.19. The van der Waals surface area contributed by atoms with Crippen LogP contribution in [-0.2, 0) is 4.79 Å². The van der Waals surface area contributed by atoms with Gasteiger partial charge in [0.1, 0.15) is 0 Å². The summed E-state index contributed by atoms with van der Waals surface area (Å²) in [5, 5.41) is 22.4. The maximum absolute atomic E-state index is 10.9. The first-order valence-corrected chi connectivity index (χ1v) is 7.43. The Balaban J connectivity index is 1.91. The molecule has 1 aliphatic carbocycles. The quantitative estimate of drug-likeness (QED) is 0.685. The number of hydrogen-bond acceptors (Lipinski definition) is 4. The molecule has 3 N–H and O–H groups in total. The van der Waals surface area contributed by atoms with Crippen molar-refractivity contribution in [1.29, 1.82) is 0 Å². The summed E-state index contributed by atoms with van der Waals surface area (Å²) in [6, 6.07) is 0.903. The summed E-state index contributed by atoms with van der Waals surface area (Å²) in [5.74, 6) is -0.613. The normalized spacial score (nSPS) is 31.5. The fourth-order valence-electron chi connectivity index (χ4n) is 3.45. The highest BCUT2D eigenvalue weighted by Crippen LogP contribution is 2.23. The van der Waals surface area contributed by atoms with Gasteiger partial charge in [0, 0.05) is 25.2 Å². The Morgan fingerprint density at radius 3 is 2.58 bits per heavy atom. The van der Waals surface area contributed by atoms with Gasteiger partial charge in [-0.25, -0.2) is 0 Å². The molecule has 1 heterocycles. The van der Waals surface area contributed by atoms with Crippen LogP contribution in [0.2, 0.25) is 0 Å². The van der Waals surface area contributed by atoms with E-state index in [0.717, 1.165) is 13.0 Å². The van der Waals surface area contributed by atoms with Crippen LogP contribution in [0.25, 0.3) is 0 Å². The number of nitrogens with zero attached hydrogens (tertiary/aromatic N) is 1. The zero-order chi connectivity index (χ0) is 13.8. The number of nitrogens with one attached hydrogen (secondary N) is 1. The Morgan fingerprint density at radius 2 is 2.00 bits per heavy atom. The van der Waals surface area contributed by atoms with E-state index >= 15 is 0 Å². The van der Waals surface area contributed by atoms with Gasteiger partial charge in [-0.05, 0) is 32.1 Å². The van der Waals surface area contributed by atoms with E-state index in [4.69, 9.17) is 5.11 Å². The first-order chi connectivity index (χ1) is 9.04. The molecule has 110 valence electrons. The van der Waals surface area contributed by atoms with E-state index < -0.39 is 5.97 Å². The molecule has 1 aliphatic heterocycles. The van der Waals surface area contributed by atoms with E-state index in [1.54, 1.807) is 0 Å². The second kappa shape index (κ2) is 6.68. The van der Waals surface area contributed by atoms with Crippen molar-refractivity contribution >= 4 is 5.97 Å². The molecular formula is C14H26N2O3. The number of carboxylic acid groups (broad SMARTS) is 1. The van der Waals surface area contributed by atoms with Crippen LogP contribution in [0.1, 0.15) is 39.0 Å². The topological polar surface area (TPSA) is 72.8 Å². The third kappa shape index (κ3) is 4.44. The average molecular weight is 270 g/mol. The highest BCUT2D eigenvalue weighted by molar-refractivity contribution is 5.69. The van der Waals surface area contributed by atoms with Crippen molar-refractivity contribution in [2.24, 2.45) is 5.92 Å². The minimum atomic E-state index is -0.786. The predicted octanol–water partition coefficient (Wildman–Crippen LogP) is 0.674. The summed E-state index contributed by atoms with van der Waals surface area (Å²) in [6.07, 6.45) is 5.63. The summed E-state index contributed by atoms with van der Waals surface area (Å²) < 4.78 is 0. The second-order valence-corrected chi connectivity index (χ2v) is 6.17. The van der Waals surface area contributed by atoms with Crippen LogP contribution in [0.4, 0.5) is 0 Å². The number of carbonyl (C=O) groups is 1. The third-order valence-corrected chi connectivity index (χ3v) is 4.43. The summed E-state index contributed by atoms with van der Waals surface area (Å²) >= 11 is 0. The Labute approximate surface area is 115 Å². The molecule has 0 radical (unpaired) electrons. The van der Waals surface area contributed by atoms with Crippen LogP contribution in [0.3, 0.4) is 0 Å². The largest absolute Gasteiger partial charge is 0.480 e. The van der Waals surface area contributed by atoms with E-state index in [2.05, 4.69) is 5.32 Å². The van der Waals surface area contributed by atoms with Gasteiger partial charge in [-0.1, -0.05) is 12.8 Å². The zero-order valence-electron chi connectivity index (χ0n) is 11.7. The Morgan fingerprint density at radius 1 is 1.32 bits per heavy atom. The summed E-state index contributed by atoms with van der Waals surface area (Å²) in [4.78, 5) is 12.8. The van der Waals surface area contributed by atoms with Crippen molar-refractivity contribution in [3.8, 4) is 0 Å². The molecule has 19 heavy (non-hydrogen) atoms. The SMILES string of the molecule is CC(O)C1CC(NC2CCCC2)CN(CC(=O)O)C1. The van der Waals surface area contributed by atoms with E-state index in [0.29, 0.717) is 18.6 Å². The number of piperidine rings is 1. The van der Waals surface area contributed by atoms with Crippen molar-refractivity contribution in [1.82, 2.24) is 10.2 Å². The van der Waals surface area contributed by atoms with Crippen LogP contribution in [0.15, 0.2) is 0 Å². The molecule has 2 aliphatic rings. The molecule has 2 fully saturated rings. The first-order valence-electron chi connectivity index (χ1n) is 7.43. The number of aliphatic hydroxyl groups is 1. The lowest BCUT2D eigenvalue weighted by Gasteiger charge is -2.39. The number of aliphatic hydroxyl groups excluding tert-OH is 1. The maximum Gasteiger partial charge on any atom is 0.317 e. The lowest BCUT2D eigenvalue weighted by Crippen LogP contribution is -2.54. The molecule has 2 rings (SSSR count). The molecule has 0 aromatic carbocycles. The molecule has 0 spiro atoms. The lowest BCUT2D eigenvalue weighted by molar-refractivity contribution is -0.139. The first kappa shape index (κ1) is 14.8. The molecule has 0 amide bonds. The zero-order valence-corrected chi connectivity index (χ0v) is 11.7. The molecule has 0 bridgehead atoms. The monoisotopic (exact) mass is 270 g/mol. The van der Waals surface area contributed by atoms with Gasteiger partial charge in [0.2, 0.25) is 0 Å². The van der Waals surface area contributed by atoms with Gasteiger partial charge in [-0.2, -0.15) is 0 Å². The molecule has 0 aromatic heterocycles. The van der Waals surface area contributed by atoms with Gasteiger partial charge in [0.15, 0.2) is 0 Å². The molecule has 5 heteroatoms. The van der Waals surface area contributed by atoms with Crippen molar-refractivity contribution in [3.05, 3.63) is 0 Å². The van der Waals surface area contributed by atoms with Gasteiger partial charge in [-0.15, -0.1) is 0 Å². The van der Waals surface area contributed by atoms with E-state index in [1.165, 1.54) is 25.7 Å². The van der Waals surface area contributed by atoms with Crippen LogP contribution in [-0.4, -0.2) is 58.9 Å². The number of likely N-dealkylation sites (tertiary alicyclic amines) is 1. The molecule has 5 nitrogen and oxygen atoms in total. The van der Waals surface area contributed by atoms with E-state index in [9.17, 15) is 9.90 Å². The smallest absolute Gasteiger partial charge is 0.317 e. The Hall–Kier alpha value is -0.650. The van der Waals surface area contributed by atoms with E-state index in [-0.39, 0.29) is 18.6 Å². The molecule has 3 atom stereocenters. The molecule has 1 saturated heterocycles. The van der Waals surface area contributed by atoms with Gasteiger partial charge < -0.3 is 15.5 Å². The van der Waals surface area contributed by atoms with Crippen LogP contribution in [0, 0.1) is 5.92 Å². The lowest BCUT2D eigenvalue weighted by atomic mass is 9.89. The summed E-state index contributed by atoms with van der Waals surface area (Å²) in [6.45, 7) is 3.35. The van der Waals surface area contributed by atoms with Gasteiger partial charge in [-0.3, -0.25) is 9.69 Å². The summed E-state index contributed by atoms with van der Waals surface area (Å²) in [5.41, 5.74) is 0. The standard InChI is InChI=1S/C14H26N2O3/c1-10(17)11-6-13(15-12-4-2-3-5-12)8-16(7-11)9-14(18)19/h10-13,15,17H,2-9H2,1H3,(H,18,19). The third-order valence-electron chi connectivity index (χ3n) is 4.43. The molecule has 3 unspecified atom stereocenters. The van der Waals surface area contributed by atoms with Gasteiger partial charge >= 0.3 is 5.97 Å². The van der Waals surface area contributed by atoms with Gasteiger partial charge in [0.25, 0.3) is 0 Å². The minimum absolute atomic E-state index is 0.0755.